The summed E-state index contributed by atoms with van der Waals surface area (Å²) in [4.78, 5) is 11.6. The Bertz CT molecular complexity index is 494. The first-order valence-corrected chi connectivity index (χ1v) is 5.12. The zero-order valence-corrected chi connectivity index (χ0v) is 9.72. The van der Waals surface area contributed by atoms with Crippen molar-refractivity contribution in [1.29, 1.82) is 0 Å². The first-order chi connectivity index (χ1) is 8.28. The van der Waals surface area contributed by atoms with Crippen LogP contribution in [0.25, 0.3) is 0 Å². The Hall–Kier alpha value is -2.02. The summed E-state index contributed by atoms with van der Waals surface area (Å²) in [7, 11) is 1.46. The van der Waals surface area contributed by atoms with Gasteiger partial charge in [-0.15, -0.1) is 0 Å². The van der Waals surface area contributed by atoms with Gasteiger partial charge in [0.15, 0.2) is 0 Å². The molecule has 1 N–H and O–H groups in total. The van der Waals surface area contributed by atoms with Crippen LogP contribution < -0.4 is 10.1 Å². The van der Waals surface area contributed by atoms with Gasteiger partial charge in [0, 0.05) is 6.20 Å². The molecule has 0 saturated heterocycles. The highest BCUT2D eigenvalue weighted by molar-refractivity contribution is 6.28. The van der Waals surface area contributed by atoms with Gasteiger partial charge in [-0.1, -0.05) is 0 Å². The summed E-state index contributed by atoms with van der Waals surface area (Å²) in [5.74, 6) is 0.326. The van der Waals surface area contributed by atoms with E-state index in [1.165, 1.54) is 7.11 Å². The second-order valence-electron chi connectivity index (χ2n) is 2.98. The van der Waals surface area contributed by atoms with Crippen LogP contribution in [-0.4, -0.2) is 32.3 Å². The van der Waals surface area contributed by atoms with Crippen molar-refractivity contribution in [2.45, 2.75) is 6.54 Å². The molecule has 2 heterocycles. The first kappa shape index (κ1) is 11.5. The lowest BCUT2D eigenvalue weighted by molar-refractivity contribution is 0.379. The molecule has 8 heteroatoms. The van der Waals surface area contributed by atoms with Gasteiger partial charge in [-0.2, -0.15) is 25.1 Å². The number of hydrogen-bond acceptors (Lipinski definition) is 7. The van der Waals surface area contributed by atoms with Crippen LogP contribution >= 0.6 is 11.6 Å². The molecule has 0 saturated carbocycles. The molecule has 0 unspecified atom stereocenters. The molecule has 7 nitrogen and oxygen atoms in total. The first-order valence-electron chi connectivity index (χ1n) is 4.74. The Labute approximate surface area is 102 Å². The molecule has 0 radical (unpaired) electrons. The zero-order chi connectivity index (χ0) is 12.1. The molecular weight excluding hydrogens is 244 g/mol. The Morgan fingerprint density at radius 1 is 1.35 bits per heavy atom. The number of nitrogens with one attached hydrogen (secondary N) is 1. The smallest absolute Gasteiger partial charge is 0.322 e. The molecule has 17 heavy (non-hydrogen) atoms. The largest absolute Gasteiger partial charge is 0.467 e. The summed E-state index contributed by atoms with van der Waals surface area (Å²) in [5, 5.41) is 10.7. The molecule has 0 aliphatic carbocycles. The molecule has 0 atom stereocenters. The van der Waals surface area contributed by atoms with Gasteiger partial charge in [0.25, 0.3) is 0 Å². The van der Waals surface area contributed by atoms with Crippen LogP contribution in [0.5, 0.6) is 6.01 Å². The zero-order valence-electron chi connectivity index (χ0n) is 8.96. The van der Waals surface area contributed by atoms with E-state index in [0.29, 0.717) is 12.5 Å². The lowest BCUT2D eigenvalue weighted by Crippen LogP contribution is -2.07. The van der Waals surface area contributed by atoms with Gasteiger partial charge in [-0.3, -0.25) is 0 Å². The summed E-state index contributed by atoms with van der Waals surface area (Å²) in [6.07, 6.45) is 1.60. The second-order valence-corrected chi connectivity index (χ2v) is 3.32. The number of methoxy groups -OCH3 is 1. The van der Waals surface area contributed by atoms with E-state index in [9.17, 15) is 0 Å². The maximum Gasteiger partial charge on any atom is 0.322 e. The van der Waals surface area contributed by atoms with Gasteiger partial charge >= 0.3 is 6.01 Å². The quantitative estimate of drug-likeness (QED) is 0.866. The normalized spacial score (nSPS) is 10.0. The van der Waals surface area contributed by atoms with Crippen LogP contribution in [-0.2, 0) is 6.54 Å². The van der Waals surface area contributed by atoms with Crippen molar-refractivity contribution in [2.75, 3.05) is 12.4 Å². The third-order valence-corrected chi connectivity index (χ3v) is 1.99. The van der Waals surface area contributed by atoms with E-state index in [4.69, 9.17) is 16.3 Å². The van der Waals surface area contributed by atoms with Crippen molar-refractivity contribution in [3.05, 3.63) is 29.3 Å². The topological polar surface area (TPSA) is 85.7 Å². The average molecular weight is 253 g/mol. The number of hydrogen-bond donors (Lipinski definition) is 1. The van der Waals surface area contributed by atoms with Crippen LogP contribution in [0.3, 0.4) is 0 Å². The number of rotatable bonds is 4. The number of anilines is 1. The van der Waals surface area contributed by atoms with Crippen molar-refractivity contribution in [1.82, 2.24) is 25.1 Å². The lowest BCUT2D eigenvalue weighted by atomic mass is 10.4. The molecule has 2 aromatic rings. The van der Waals surface area contributed by atoms with Gasteiger partial charge < -0.3 is 10.1 Å². The van der Waals surface area contributed by atoms with Crippen molar-refractivity contribution in [3.8, 4) is 6.01 Å². The Kier molecular flexibility index (Phi) is 3.61. The van der Waals surface area contributed by atoms with Crippen LogP contribution in [0.1, 0.15) is 5.69 Å². The molecule has 88 valence electrons. The van der Waals surface area contributed by atoms with Crippen LogP contribution in [0.2, 0.25) is 5.28 Å². The van der Waals surface area contributed by atoms with Crippen LogP contribution in [0, 0.1) is 0 Å². The van der Waals surface area contributed by atoms with Crippen molar-refractivity contribution < 1.29 is 4.74 Å². The van der Waals surface area contributed by atoms with Gasteiger partial charge in [-0.25, -0.2) is 0 Å². The molecule has 0 aromatic carbocycles. The molecule has 0 amide bonds. The highest BCUT2D eigenvalue weighted by atomic mass is 35.5. The van der Waals surface area contributed by atoms with E-state index in [2.05, 4.69) is 30.5 Å². The summed E-state index contributed by atoms with van der Waals surface area (Å²) >= 11 is 5.70. The molecule has 2 rings (SSSR count). The molecule has 0 aliphatic rings. The fourth-order valence-electron chi connectivity index (χ4n) is 1.10. The molecule has 0 aliphatic heterocycles. The fraction of sp³-hybridized carbons (Fsp3) is 0.222. The monoisotopic (exact) mass is 252 g/mol. The van der Waals surface area contributed by atoms with Gasteiger partial charge in [0.05, 0.1) is 19.3 Å². The minimum atomic E-state index is 0.0681. The van der Waals surface area contributed by atoms with E-state index >= 15 is 0 Å². The highest BCUT2D eigenvalue weighted by Gasteiger charge is 2.04. The molecular formula is C9H9ClN6O. The molecule has 0 fully saturated rings. The summed E-state index contributed by atoms with van der Waals surface area (Å²) < 4.78 is 4.87. The minimum Gasteiger partial charge on any atom is -0.467 e. The van der Waals surface area contributed by atoms with Crippen LogP contribution in [0.15, 0.2) is 18.3 Å². The van der Waals surface area contributed by atoms with Crippen LogP contribution in [0.4, 0.5) is 5.95 Å². The molecule has 0 spiro atoms. The predicted octanol–water partition coefficient (Wildman–Crippen LogP) is 0.936. The van der Waals surface area contributed by atoms with E-state index < -0.39 is 0 Å². The molecule has 0 bridgehead atoms. The number of nitrogens with zero attached hydrogens (tertiary/aromatic N) is 5. The van der Waals surface area contributed by atoms with E-state index in [1.807, 2.05) is 6.07 Å². The lowest BCUT2D eigenvalue weighted by Gasteiger charge is -2.04. The predicted molar refractivity (Wildman–Crippen MR) is 60.7 cm³/mol. The summed E-state index contributed by atoms with van der Waals surface area (Å²) in [5.41, 5.74) is 0.767. The number of halogens is 1. The third-order valence-electron chi connectivity index (χ3n) is 1.83. The average Bonchev–Trinajstić information content (AvgIpc) is 2.37. The third kappa shape index (κ3) is 3.22. The van der Waals surface area contributed by atoms with Gasteiger partial charge in [0.2, 0.25) is 11.2 Å². The van der Waals surface area contributed by atoms with E-state index in [-0.39, 0.29) is 11.3 Å². The minimum absolute atomic E-state index is 0.0681. The Balaban J connectivity index is 2.06. The van der Waals surface area contributed by atoms with Crippen molar-refractivity contribution in [2.24, 2.45) is 0 Å². The highest BCUT2D eigenvalue weighted by Crippen LogP contribution is 2.11. The van der Waals surface area contributed by atoms with Crippen molar-refractivity contribution >= 4 is 17.5 Å². The van der Waals surface area contributed by atoms with Gasteiger partial charge in [0.1, 0.15) is 0 Å². The Morgan fingerprint density at radius 3 is 2.94 bits per heavy atom. The number of aromatic nitrogens is 5. The molecule has 2 aromatic heterocycles. The van der Waals surface area contributed by atoms with E-state index in [1.54, 1.807) is 12.3 Å². The summed E-state index contributed by atoms with van der Waals surface area (Å²) in [6, 6.07) is 3.79. The summed E-state index contributed by atoms with van der Waals surface area (Å²) in [6.45, 7) is 0.442. The van der Waals surface area contributed by atoms with Gasteiger partial charge in [-0.05, 0) is 23.7 Å². The maximum atomic E-state index is 5.70. The number of ether oxygens (including phenoxy) is 1. The Morgan fingerprint density at radius 2 is 2.24 bits per heavy atom. The maximum absolute atomic E-state index is 5.70. The fourth-order valence-corrected chi connectivity index (χ4v) is 1.25. The standard InChI is InChI=1S/C9H9ClN6O/c1-17-9-14-7(10)13-8(15-9)11-5-6-3-2-4-12-16-6/h2-4H,5H2,1H3,(H,11,13,14,15). The van der Waals surface area contributed by atoms with Crippen molar-refractivity contribution in [3.63, 3.8) is 0 Å². The van der Waals surface area contributed by atoms with E-state index in [0.717, 1.165) is 5.69 Å². The SMILES string of the molecule is COc1nc(Cl)nc(NCc2cccnn2)n1. The second kappa shape index (κ2) is 5.35.